The fraction of sp³-hybridized carbons (Fsp3) is 0.833. The Balaban J connectivity index is 1.65. The summed E-state index contributed by atoms with van der Waals surface area (Å²) < 4.78 is 0. The molecule has 0 radical (unpaired) electrons. The second-order valence-electron chi connectivity index (χ2n) is 5.09. The van der Waals surface area contributed by atoms with Crippen molar-refractivity contribution >= 4 is 11.9 Å². The van der Waals surface area contributed by atoms with Crippen LogP contribution in [0.3, 0.4) is 0 Å². The van der Waals surface area contributed by atoms with E-state index in [1.54, 1.807) is 0 Å². The van der Waals surface area contributed by atoms with Crippen molar-refractivity contribution in [1.82, 2.24) is 5.32 Å². The van der Waals surface area contributed by atoms with Gasteiger partial charge in [0.05, 0.1) is 5.92 Å². The lowest BCUT2D eigenvalue weighted by Gasteiger charge is -2.12. The lowest BCUT2D eigenvalue weighted by Crippen LogP contribution is -2.33. The zero-order chi connectivity index (χ0) is 11.5. The van der Waals surface area contributed by atoms with Crippen LogP contribution in [-0.4, -0.2) is 23.0 Å². The van der Waals surface area contributed by atoms with E-state index in [1.807, 2.05) is 0 Å². The average molecular weight is 225 g/mol. The number of carbonyl (C=O) groups excluding carboxylic acids is 1. The predicted molar refractivity (Wildman–Crippen MR) is 58.9 cm³/mol. The van der Waals surface area contributed by atoms with E-state index in [2.05, 4.69) is 5.32 Å². The van der Waals surface area contributed by atoms with Crippen LogP contribution in [0, 0.1) is 11.8 Å². The van der Waals surface area contributed by atoms with Gasteiger partial charge in [-0.2, -0.15) is 0 Å². The van der Waals surface area contributed by atoms with Gasteiger partial charge < -0.3 is 10.4 Å². The van der Waals surface area contributed by atoms with Crippen molar-refractivity contribution in [2.75, 3.05) is 0 Å². The summed E-state index contributed by atoms with van der Waals surface area (Å²) >= 11 is 0. The summed E-state index contributed by atoms with van der Waals surface area (Å²) in [6, 6.07) is 0.0906. The molecule has 2 atom stereocenters. The number of carboxylic acid groups (broad SMARTS) is 1. The molecule has 1 amide bonds. The Labute approximate surface area is 95.4 Å². The summed E-state index contributed by atoms with van der Waals surface area (Å²) in [5.41, 5.74) is 0. The lowest BCUT2D eigenvalue weighted by molar-refractivity contribution is -0.141. The molecule has 2 N–H and O–H groups in total. The van der Waals surface area contributed by atoms with Gasteiger partial charge in [-0.3, -0.25) is 9.59 Å². The van der Waals surface area contributed by atoms with Gasteiger partial charge in [-0.1, -0.05) is 12.8 Å². The maximum Gasteiger partial charge on any atom is 0.306 e. The number of nitrogens with one attached hydrogen (secondary N) is 1. The fourth-order valence-corrected chi connectivity index (χ4v) is 2.38. The number of hydrogen-bond acceptors (Lipinski definition) is 2. The van der Waals surface area contributed by atoms with Gasteiger partial charge in [-0.25, -0.2) is 0 Å². The van der Waals surface area contributed by atoms with E-state index < -0.39 is 5.97 Å². The van der Waals surface area contributed by atoms with E-state index in [4.69, 9.17) is 5.11 Å². The van der Waals surface area contributed by atoms with E-state index in [1.165, 1.54) is 12.8 Å². The Morgan fingerprint density at radius 1 is 1.19 bits per heavy atom. The maximum atomic E-state index is 11.5. The summed E-state index contributed by atoms with van der Waals surface area (Å²) in [5.74, 6) is -0.104. The van der Waals surface area contributed by atoms with Crippen LogP contribution >= 0.6 is 0 Å². The molecule has 90 valence electrons. The van der Waals surface area contributed by atoms with Crippen LogP contribution in [0.25, 0.3) is 0 Å². The van der Waals surface area contributed by atoms with Crippen LogP contribution in [0.1, 0.15) is 44.9 Å². The van der Waals surface area contributed by atoms with Crippen LogP contribution in [0.2, 0.25) is 0 Å². The summed E-state index contributed by atoms with van der Waals surface area (Å²) in [6.45, 7) is 0. The second-order valence-corrected chi connectivity index (χ2v) is 5.09. The molecule has 0 spiro atoms. The molecule has 2 rings (SSSR count). The summed E-state index contributed by atoms with van der Waals surface area (Å²) in [7, 11) is 0. The highest BCUT2D eigenvalue weighted by atomic mass is 16.4. The molecule has 4 heteroatoms. The lowest BCUT2D eigenvalue weighted by atomic mass is 10.1. The Hall–Kier alpha value is -1.06. The normalized spacial score (nSPS) is 29.0. The minimum absolute atomic E-state index is 0.0906. The highest BCUT2D eigenvalue weighted by Crippen LogP contribution is 2.33. The summed E-state index contributed by atoms with van der Waals surface area (Å²) in [5, 5.41) is 11.8. The molecular weight excluding hydrogens is 206 g/mol. The molecule has 2 aliphatic rings. The first-order valence-corrected chi connectivity index (χ1v) is 6.17. The van der Waals surface area contributed by atoms with Crippen molar-refractivity contribution in [2.24, 2.45) is 11.8 Å². The molecule has 0 heterocycles. The first kappa shape index (κ1) is 11.4. The van der Waals surface area contributed by atoms with E-state index >= 15 is 0 Å². The molecule has 0 saturated heterocycles. The van der Waals surface area contributed by atoms with E-state index in [-0.39, 0.29) is 17.9 Å². The molecule has 0 unspecified atom stereocenters. The third kappa shape index (κ3) is 3.22. The zero-order valence-electron chi connectivity index (χ0n) is 9.45. The molecule has 0 aromatic rings. The van der Waals surface area contributed by atoms with Gasteiger partial charge in [-0.05, 0) is 31.6 Å². The molecule has 2 saturated carbocycles. The smallest absolute Gasteiger partial charge is 0.306 e. The number of carbonyl (C=O) groups is 2. The predicted octanol–water partition coefficient (Wildman–Crippen LogP) is 1.55. The Morgan fingerprint density at radius 2 is 1.94 bits per heavy atom. The topological polar surface area (TPSA) is 66.4 Å². The van der Waals surface area contributed by atoms with Gasteiger partial charge in [0.1, 0.15) is 0 Å². The van der Waals surface area contributed by atoms with Gasteiger partial charge in [0, 0.05) is 12.5 Å². The van der Waals surface area contributed by atoms with Gasteiger partial charge in [0.25, 0.3) is 0 Å². The number of rotatable bonds is 5. The highest BCUT2D eigenvalue weighted by Gasteiger charge is 2.30. The number of hydrogen-bond donors (Lipinski definition) is 2. The fourth-order valence-electron chi connectivity index (χ4n) is 2.38. The number of carboxylic acids is 1. The molecule has 4 nitrogen and oxygen atoms in total. The molecule has 2 fully saturated rings. The molecule has 0 bridgehead atoms. The van der Waals surface area contributed by atoms with Crippen LogP contribution in [0.4, 0.5) is 0 Å². The Bertz CT molecular complexity index is 286. The third-order valence-electron chi connectivity index (χ3n) is 3.62. The minimum Gasteiger partial charge on any atom is -0.481 e. The minimum atomic E-state index is -0.727. The van der Waals surface area contributed by atoms with Crippen molar-refractivity contribution in [3.8, 4) is 0 Å². The highest BCUT2D eigenvalue weighted by molar-refractivity contribution is 5.76. The number of amides is 1. The van der Waals surface area contributed by atoms with Crippen molar-refractivity contribution in [3.05, 3.63) is 0 Å². The van der Waals surface area contributed by atoms with Crippen LogP contribution in [-0.2, 0) is 9.59 Å². The van der Waals surface area contributed by atoms with E-state index in [0.717, 1.165) is 18.8 Å². The third-order valence-corrected chi connectivity index (χ3v) is 3.62. The van der Waals surface area contributed by atoms with Crippen LogP contribution in [0.5, 0.6) is 0 Å². The van der Waals surface area contributed by atoms with Crippen molar-refractivity contribution < 1.29 is 14.7 Å². The summed E-state index contributed by atoms with van der Waals surface area (Å²) in [6.07, 6.45) is 6.27. The molecule has 0 aromatic heterocycles. The maximum absolute atomic E-state index is 11.5. The largest absolute Gasteiger partial charge is 0.481 e. The Morgan fingerprint density at radius 3 is 2.50 bits per heavy atom. The molecular formula is C12H19NO3. The van der Waals surface area contributed by atoms with Gasteiger partial charge >= 0.3 is 5.97 Å². The van der Waals surface area contributed by atoms with Crippen molar-refractivity contribution in [2.45, 2.75) is 51.0 Å². The Kier molecular flexibility index (Phi) is 3.46. The van der Waals surface area contributed by atoms with Gasteiger partial charge in [0.2, 0.25) is 5.91 Å². The average Bonchev–Trinajstić information content (AvgIpc) is 2.95. The SMILES string of the molecule is O=C(CCC1CC1)N[C@H]1CC[C@@H](C(=O)O)C1. The molecule has 0 aromatic carbocycles. The van der Waals surface area contributed by atoms with Gasteiger partial charge in [0.15, 0.2) is 0 Å². The monoisotopic (exact) mass is 225 g/mol. The quantitative estimate of drug-likeness (QED) is 0.746. The second kappa shape index (κ2) is 4.85. The summed E-state index contributed by atoms with van der Waals surface area (Å²) in [4.78, 5) is 22.3. The zero-order valence-corrected chi connectivity index (χ0v) is 9.45. The van der Waals surface area contributed by atoms with Crippen molar-refractivity contribution in [3.63, 3.8) is 0 Å². The first-order chi connectivity index (χ1) is 7.65. The number of aliphatic carboxylic acids is 1. The standard InChI is InChI=1S/C12H19NO3/c14-11(6-3-8-1-2-8)13-10-5-4-9(7-10)12(15)16/h8-10H,1-7H2,(H,13,14)(H,15,16)/t9-,10+/m1/s1. The van der Waals surface area contributed by atoms with Gasteiger partial charge in [-0.15, -0.1) is 0 Å². The van der Waals surface area contributed by atoms with Crippen LogP contribution in [0.15, 0.2) is 0 Å². The van der Waals surface area contributed by atoms with E-state index in [0.29, 0.717) is 19.3 Å². The first-order valence-electron chi connectivity index (χ1n) is 6.17. The molecule has 16 heavy (non-hydrogen) atoms. The molecule has 2 aliphatic carbocycles. The van der Waals surface area contributed by atoms with Crippen molar-refractivity contribution in [1.29, 1.82) is 0 Å². The van der Waals surface area contributed by atoms with Crippen LogP contribution < -0.4 is 5.32 Å². The molecule has 0 aliphatic heterocycles. The van der Waals surface area contributed by atoms with E-state index in [9.17, 15) is 9.59 Å².